The second-order valence-corrected chi connectivity index (χ2v) is 4.44. The van der Waals surface area contributed by atoms with Gasteiger partial charge in [-0.1, -0.05) is 25.1 Å². The Morgan fingerprint density at radius 3 is 2.65 bits per heavy atom. The van der Waals surface area contributed by atoms with Gasteiger partial charge in [-0.2, -0.15) is 13.2 Å². The monoisotopic (exact) mass is 283 g/mol. The topological polar surface area (TPSA) is 40.7 Å². The minimum Gasteiger partial charge on any atom is -0.349 e. The normalized spacial score (nSPS) is 13.4. The van der Waals surface area contributed by atoms with E-state index in [1.165, 1.54) is 12.1 Å². The van der Waals surface area contributed by atoms with Crippen molar-refractivity contribution in [3.63, 3.8) is 0 Å². The zero-order valence-electron chi connectivity index (χ0n) is 11.0. The highest BCUT2D eigenvalue weighted by Crippen LogP contribution is 2.35. The van der Waals surface area contributed by atoms with Crippen molar-refractivity contribution >= 4 is 0 Å². The summed E-state index contributed by atoms with van der Waals surface area (Å²) in [4.78, 5) is 7.00. The van der Waals surface area contributed by atoms with E-state index in [1.807, 2.05) is 6.92 Å². The minimum atomic E-state index is -4.35. The molecule has 108 valence electrons. The molecule has 2 rings (SSSR count). The van der Waals surface area contributed by atoms with Gasteiger partial charge >= 0.3 is 6.18 Å². The SMILES string of the molecule is CCNC(Cc1ncc[nH]1)c1ccccc1C(F)(F)F. The van der Waals surface area contributed by atoms with Crippen LogP contribution < -0.4 is 5.32 Å². The molecule has 0 aliphatic heterocycles. The van der Waals surface area contributed by atoms with Crippen LogP contribution in [0.1, 0.15) is 29.9 Å². The molecule has 0 aliphatic carbocycles. The molecule has 20 heavy (non-hydrogen) atoms. The van der Waals surface area contributed by atoms with Crippen LogP contribution in [0.2, 0.25) is 0 Å². The molecule has 1 atom stereocenters. The first-order valence-electron chi connectivity index (χ1n) is 6.40. The van der Waals surface area contributed by atoms with Crippen LogP contribution in [0.3, 0.4) is 0 Å². The van der Waals surface area contributed by atoms with Gasteiger partial charge < -0.3 is 10.3 Å². The highest BCUT2D eigenvalue weighted by atomic mass is 19.4. The number of rotatable bonds is 5. The Labute approximate surface area is 115 Å². The highest BCUT2D eigenvalue weighted by molar-refractivity contribution is 5.33. The summed E-state index contributed by atoms with van der Waals surface area (Å²) in [5.41, 5.74) is -0.351. The first-order valence-corrected chi connectivity index (χ1v) is 6.40. The zero-order valence-corrected chi connectivity index (χ0v) is 11.0. The van der Waals surface area contributed by atoms with Gasteiger partial charge in [0.15, 0.2) is 0 Å². The van der Waals surface area contributed by atoms with Crippen molar-refractivity contribution in [2.45, 2.75) is 25.6 Å². The third-order valence-electron chi connectivity index (χ3n) is 3.04. The predicted octanol–water partition coefficient (Wildman–Crippen LogP) is 3.32. The molecular weight excluding hydrogens is 267 g/mol. The number of halogens is 3. The van der Waals surface area contributed by atoms with Crippen LogP contribution in [0.4, 0.5) is 13.2 Å². The number of aromatic amines is 1. The average molecular weight is 283 g/mol. The number of H-pyrrole nitrogens is 1. The van der Waals surface area contributed by atoms with E-state index >= 15 is 0 Å². The summed E-state index contributed by atoms with van der Waals surface area (Å²) in [5, 5.41) is 3.09. The lowest BCUT2D eigenvalue weighted by Crippen LogP contribution is -2.26. The van der Waals surface area contributed by atoms with Crippen molar-refractivity contribution in [1.82, 2.24) is 15.3 Å². The Morgan fingerprint density at radius 2 is 2.05 bits per heavy atom. The highest BCUT2D eigenvalue weighted by Gasteiger charge is 2.34. The number of aromatic nitrogens is 2. The smallest absolute Gasteiger partial charge is 0.349 e. The summed E-state index contributed by atoms with van der Waals surface area (Å²) in [6.07, 6.45) is -0.719. The molecule has 0 radical (unpaired) electrons. The van der Waals surface area contributed by atoms with Crippen molar-refractivity contribution in [2.75, 3.05) is 6.54 Å². The second-order valence-electron chi connectivity index (χ2n) is 4.44. The number of hydrogen-bond acceptors (Lipinski definition) is 2. The lowest BCUT2D eigenvalue weighted by atomic mass is 9.97. The molecular formula is C14H16F3N3. The maximum atomic E-state index is 13.1. The van der Waals surface area contributed by atoms with Crippen LogP contribution in [-0.4, -0.2) is 16.5 Å². The van der Waals surface area contributed by atoms with Gasteiger partial charge in [0.05, 0.1) is 5.56 Å². The van der Waals surface area contributed by atoms with Gasteiger partial charge in [0, 0.05) is 24.9 Å². The summed E-state index contributed by atoms with van der Waals surface area (Å²) < 4.78 is 39.2. The Kier molecular flexibility index (Phi) is 4.44. The standard InChI is InChI=1S/C14H16F3N3/c1-2-18-12(9-13-19-7-8-20-13)10-5-3-4-6-11(10)14(15,16)17/h3-8,12,18H,2,9H2,1H3,(H,19,20). The molecule has 0 amide bonds. The molecule has 1 aromatic carbocycles. The van der Waals surface area contributed by atoms with E-state index in [-0.39, 0.29) is 5.56 Å². The third kappa shape index (κ3) is 3.39. The maximum absolute atomic E-state index is 13.1. The molecule has 0 spiro atoms. The number of likely N-dealkylation sites (N-methyl/N-ethyl adjacent to an activating group) is 1. The first kappa shape index (κ1) is 14.6. The van der Waals surface area contributed by atoms with E-state index in [9.17, 15) is 13.2 Å². The van der Waals surface area contributed by atoms with Gasteiger partial charge in [0.1, 0.15) is 5.82 Å². The van der Waals surface area contributed by atoms with E-state index in [2.05, 4.69) is 15.3 Å². The molecule has 0 fully saturated rings. The Bertz CT molecular complexity index is 535. The average Bonchev–Trinajstić information content (AvgIpc) is 2.90. The van der Waals surface area contributed by atoms with E-state index in [4.69, 9.17) is 0 Å². The lowest BCUT2D eigenvalue weighted by Gasteiger charge is -2.21. The quantitative estimate of drug-likeness (QED) is 0.883. The van der Waals surface area contributed by atoms with E-state index in [1.54, 1.807) is 18.5 Å². The molecule has 6 heteroatoms. The van der Waals surface area contributed by atoms with Gasteiger partial charge in [-0.25, -0.2) is 4.98 Å². The molecule has 0 saturated heterocycles. The van der Waals surface area contributed by atoms with Crippen LogP contribution in [-0.2, 0) is 12.6 Å². The Balaban J connectivity index is 2.34. The van der Waals surface area contributed by atoms with Crippen molar-refractivity contribution < 1.29 is 13.2 Å². The fourth-order valence-electron chi connectivity index (χ4n) is 2.20. The van der Waals surface area contributed by atoms with Crippen molar-refractivity contribution in [3.8, 4) is 0 Å². The summed E-state index contributed by atoms with van der Waals surface area (Å²) >= 11 is 0. The molecule has 0 bridgehead atoms. The van der Waals surface area contributed by atoms with Gasteiger partial charge in [-0.05, 0) is 18.2 Å². The summed E-state index contributed by atoms with van der Waals surface area (Å²) in [6, 6.07) is 5.23. The Hall–Kier alpha value is -1.82. The number of imidazole rings is 1. The molecule has 0 saturated carbocycles. The largest absolute Gasteiger partial charge is 0.416 e. The number of nitrogens with zero attached hydrogens (tertiary/aromatic N) is 1. The molecule has 1 aromatic heterocycles. The maximum Gasteiger partial charge on any atom is 0.416 e. The number of nitrogens with one attached hydrogen (secondary N) is 2. The third-order valence-corrected chi connectivity index (χ3v) is 3.04. The van der Waals surface area contributed by atoms with Gasteiger partial charge in [0.2, 0.25) is 0 Å². The minimum absolute atomic E-state index is 0.248. The molecule has 2 aromatic rings. The van der Waals surface area contributed by atoms with Crippen molar-refractivity contribution in [3.05, 3.63) is 53.6 Å². The molecule has 2 N–H and O–H groups in total. The second kappa shape index (κ2) is 6.09. The van der Waals surface area contributed by atoms with E-state index < -0.39 is 17.8 Å². The lowest BCUT2D eigenvalue weighted by molar-refractivity contribution is -0.138. The molecule has 1 unspecified atom stereocenters. The van der Waals surface area contributed by atoms with Gasteiger partial charge in [-0.15, -0.1) is 0 Å². The molecule has 1 heterocycles. The van der Waals surface area contributed by atoms with Crippen molar-refractivity contribution in [2.24, 2.45) is 0 Å². The van der Waals surface area contributed by atoms with Crippen LogP contribution in [0.5, 0.6) is 0 Å². The number of benzene rings is 1. The molecule has 0 aliphatic rings. The van der Waals surface area contributed by atoms with E-state index in [0.29, 0.717) is 18.8 Å². The summed E-state index contributed by atoms with van der Waals surface area (Å²) in [5.74, 6) is 0.660. The Morgan fingerprint density at radius 1 is 1.30 bits per heavy atom. The van der Waals surface area contributed by atoms with Crippen LogP contribution in [0.25, 0.3) is 0 Å². The van der Waals surface area contributed by atoms with Crippen LogP contribution in [0.15, 0.2) is 36.7 Å². The predicted molar refractivity (Wildman–Crippen MR) is 70.2 cm³/mol. The number of alkyl halides is 3. The number of hydrogen-bond donors (Lipinski definition) is 2. The summed E-state index contributed by atoms with van der Waals surface area (Å²) in [7, 11) is 0. The fraction of sp³-hybridized carbons (Fsp3) is 0.357. The van der Waals surface area contributed by atoms with Crippen molar-refractivity contribution in [1.29, 1.82) is 0 Å². The summed E-state index contributed by atoms with van der Waals surface area (Å²) in [6.45, 7) is 2.45. The van der Waals surface area contributed by atoms with Gasteiger partial charge in [-0.3, -0.25) is 0 Å². The fourth-order valence-corrected chi connectivity index (χ4v) is 2.20. The first-order chi connectivity index (χ1) is 9.52. The molecule has 3 nitrogen and oxygen atoms in total. The van der Waals surface area contributed by atoms with E-state index in [0.717, 1.165) is 6.07 Å². The zero-order chi connectivity index (χ0) is 14.6. The van der Waals surface area contributed by atoms with Crippen LogP contribution in [0, 0.1) is 0 Å². The van der Waals surface area contributed by atoms with Gasteiger partial charge in [0.25, 0.3) is 0 Å². The van der Waals surface area contributed by atoms with Crippen LogP contribution >= 0.6 is 0 Å².